The normalized spacial score (nSPS) is 24.4. The lowest BCUT2D eigenvalue weighted by molar-refractivity contribution is 0.0302. The lowest BCUT2D eigenvalue weighted by atomic mass is 10.0. The molecule has 3 aliphatic rings. The number of nitrogens with one attached hydrogen (secondary N) is 1. The molecule has 3 heterocycles. The van der Waals surface area contributed by atoms with Crippen molar-refractivity contribution < 1.29 is 10.9 Å². The van der Waals surface area contributed by atoms with Crippen LogP contribution in [-0.4, -0.2) is 46.6 Å². The molecule has 1 saturated carbocycles. The van der Waals surface area contributed by atoms with Crippen LogP contribution in [0.3, 0.4) is 0 Å². The zero-order valence-electron chi connectivity index (χ0n) is 16.7. The second-order valence-corrected chi connectivity index (χ2v) is 8.39. The summed E-state index contributed by atoms with van der Waals surface area (Å²) in [6, 6.07) is 7.45. The number of nitrogens with two attached hydrogens (primary N) is 1. The van der Waals surface area contributed by atoms with Gasteiger partial charge in [0.25, 0.3) is 0 Å². The maximum Gasteiger partial charge on any atom is 0.132 e. The van der Waals surface area contributed by atoms with Crippen LogP contribution in [0.25, 0.3) is 0 Å². The predicted octanol–water partition coefficient (Wildman–Crippen LogP) is 3.41. The molecular formula is C22H29N5O2. The Morgan fingerprint density at radius 2 is 2.03 bits per heavy atom. The Hall–Kier alpha value is -2.67. The van der Waals surface area contributed by atoms with Gasteiger partial charge in [0, 0.05) is 31.8 Å². The monoisotopic (exact) mass is 395 g/mol. The van der Waals surface area contributed by atoms with Crippen LogP contribution in [0.1, 0.15) is 51.7 Å². The van der Waals surface area contributed by atoms with Crippen molar-refractivity contribution in [2.24, 2.45) is 0 Å². The molecule has 2 aliphatic heterocycles. The summed E-state index contributed by atoms with van der Waals surface area (Å²) in [7, 11) is 0. The van der Waals surface area contributed by atoms with Gasteiger partial charge in [0.05, 0.1) is 23.6 Å². The summed E-state index contributed by atoms with van der Waals surface area (Å²) in [5, 5.41) is 8.73. The Morgan fingerprint density at radius 3 is 2.72 bits per heavy atom. The van der Waals surface area contributed by atoms with E-state index in [2.05, 4.69) is 21.8 Å². The third-order valence-corrected chi connectivity index (χ3v) is 6.36. The minimum Gasteiger partial charge on any atom is -0.487 e. The molecule has 7 heteroatoms. The molecule has 29 heavy (non-hydrogen) atoms. The van der Waals surface area contributed by atoms with Crippen molar-refractivity contribution in [2.75, 3.05) is 23.7 Å². The fourth-order valence-corrected chi connectivity index (χ4v) is 4.33. The van der Waals surface area contributed by atoms with E-state index in [1.54, 1.807) is 0 Å². The SMILES string of the molecule is CCC1(Oc2ccc(N)c(C(=N)c3cc(N4CC5CCC(C4)O5)ncn3)c2)CC1.[HH]. The average molecular weight is 396 g/mol. The Morgan fingerprint density at radius 1 is 1.28 bits per heavy atom. The first kappa shape index (κ1) is 18.4. The van der Waals surface area contributed by atoms with Crippen molar-refractivity contribution in [3.63, 3.8) is 0 Å². The minimum atomic E-state index is -0.0344. The maximum atomic E-state index is 8.73. The van der Waals surface area contributed by atoms with Crippen LogP contribution in [0, 0.1) is 5.41 Å². The lowest BCUT2D eigenvalue weighted by Crippen LogP contribution is -2.43. The molecule has 0 amide bonds. The largest absolute Gasteiger partial charge is 0.487 e. The number of ether oxygens (including phenoxy) is 2. The van der Waals surface area contributed by atoms with Gasteiger partial charge in [0.1, 0.15) is 23.5 Å². The van der Waals surface area contributed by atoms with Gasteiger partial charge in [-0.15, -0.1) is 0 Å². The van der Waals surface area contributed by atoms with Gasteiger partial charge in [-0.25, -0.2) is 9.97 Å². The number of rotatable bonds is 6. The highest BCUT2D eigenvalue weighted by atomic mass is 16.5. The summed E-state index contributed by atoms with van der Waals surface area (Å²) < 4.78 is 12.1. The van der Waals surface area contributed by atoms with Crippen molar-refractivity contribution in [1.29, 1.82) is 5.41 Å². The first-order valence-corrected chi connectivity index (χ1v) is 10.5. The first-order chi connectivity index (χ1) is 14.0. The van der Waals surface area contributed by atoms with Crippen LogP contribution in [0.4, 0.5) is 11.5 Å². The number of morpholine rings is 1. The van der Waals surface area contributed by atoms with Crippen molar-refractivity contribution in [1.82, 2.24) is 9.97 Å². The van der Waals surface area contributed by atoms with Crippen molar-refractivity contribution >= 4 is 17.2 Å². The van der Waals surface area contributed by atoms with E-state index >= 15 is 0 Å². The molecule has 1 aliphatic carbocycles. The van der Waals surface area contributed by atoms with E-state index < -0.39 is 0 Å². The minimum absolute atomic E-state index is 0. The van der Waals surface area contributed by atoms with Gasteiger partial charge in [-0.05, 0) is 50.3 Å². The average Bonchev–Trinajstić information content (AvgIpc) is 3.45. The van der Waals surface area contributed by atoms with Crippen LogP contribution in [0.5, 0.6) is 5.75 Å². The fourth-order valence-electron chi connectivity index (χ4n) is 4.33. The van der Waals surface area contributed by atoms with Crippen LogP contribution in [0.2, 0.25) is 0 Å². The van der Waals surface area contributed by atoms with E-state index in [-0.39, 0.29) is 24.9 Å². The summed E-state index contributed by atoms with van der Waals surface area (Å²) in [6.45, 7) is 3.82. The van der Waals surface area contributed by atoms with E-state index in [0.717, 1.165) is 56.8 Å². The van der Waals surface area contributed by atoms with Crippen molar-refractivity contribution in [2.45, 2.75) is 56.8 Å². The quantitative estimate of drug-likeness (QED) is 0.575. The number of hydrogen-bond acceptors (Lipinski definition) is 7. The highest BCUT2D eigenvalue weighted by molar-refractivity contribution is 6.13. The molecule has 2 saturated heterocycles. The molecule has 0 radical (unpaired) electrons. The molecule has 154 valence electrons. The number of anilines is 2. The van der Waals surface area contributed by atoms with Gasteiger partial charge < -0.3 is 20.1 Å². The summed E-state index contributed by atoms with van der Waals surface area (Å²) in [4.78, 5) is 11.0. The third-order valence-electron chi connectivity index (χ3n) is 6.36. The number of aromatic nitrogens is 2. The smallest absolute Gasteiger partial charge is 0.132 e. The molecule has 5 rings (SSSR count). The molecule has 2 atom stereocenters. The van der Waals surface area contributed by atoms with Gasteiger partial charge in [0.15, 0.2) is 0 Å². The maximum absolute atomic E-state index is 8.73. The summed E-state index contributed by atoms with van der Waals surface area (Å²) >= 11 is 0. The number of fused-ring (bicyclic) bond motifs is 2. The van der Waals surface area contributed by atoms with Crippen LogP contribution >= 0.6 is 0 Å². The van der Waals surface area contributed by atoms with Gasteiger partial charge in [-0.1, -0.05) is 6.92 Å². The topological polar surface area (TPSA) is 97.4 Å². The molecular weight excluding hydrogens is 366 g/mol. The van der Waals surface area contributed by atoms with E-state index in [1.807, 2.05) is 24.3 Å². The fraction of sp³-hybridized carbons (Fsp3) is 0.500. The Bertz CT molecular complexity index is 937. The molecule has 3 N–H and O–H groups in total. The molecule has 0 spiro atoms. The summed E-state index contributed by atoms with van der Waals surface area (Å²) in [6.07, 6.45) is 7.46. The van der Waals surface area contributed by atoms with Crippen molar-refractivity contribution in [3.8, 4) is 5.75 Å². The van der Waals surface area contributed by atoms with E-state index in [0.29, 0.717) is 16.9 Å². The van der Waals surface area contributed by atoms with Gasteiger partial charge in [-0.3, -0.25) is 5.41 Å². The zero-order chi connectivity index (χ0) is 20.0. The molecule has 3 fully saturated rings. The number of benzene rings is 1. The molecule has 2 unspecified atom stereocenters. The highest BCUT2D eigenvalue weighted by Gasteiger charge is 2.43. The zero-order valence-corrected chi connectivity index (χ0v) is 16.7. The van der Waals surface area contributed by atoms with Crippen LogP contribution in [0.15, 0.2) is 30.6 Å². The van der Waals surface area contributed by atoms with Gasteiger partial charge in [-0.2, -0.15) is 0 Å². The summed E-state index contributed by atoms with van der Waals surface area (Å²) in [5.41, 5.74) is 8.20. The third kappa shape index (κ3) is 3.55. The Labute approximate surface area is 172 Å². The first-order valence-electron chi connectivity index (χ1n) is 10.5. The molecule has 7 nitrogen and oxygen atoms in total. The molecule has 1 aromatic heterocycles. The Kier molecular flexibility index (Phi) is 4.42. The van der Waals surface area contributed by atoms with Gasteiger partial charge in [0.2, 0.25) is 0 Å². The lowest BCUT2D eigenvalue weighted by Gasteiger charge is -2.33. The van der Waals surface area contributed by atoms with E-state index in [1.165, 1.54) is 6.33 Å². The molecule has 1 aromatic carbocycles. The second kappa shape index (κ2) is 6.99. The molecule has 2 aromatic rings. The van der Waals surface area contributed by atoms with E-state index in [4.69, 9.17) is 20.6 Å². The number of hydrogen-bond donors (Lipinski definition) is 2. The van der Waals surface area contributed by atoms with Gasteiger partial charge >= 0.3 is 0 Å². The van der Waals surface area contributed by atoms with Crippen LogP contribution < -0.4 is 15.4 Å². The standard InChI is InChI=1S/C22H27N5O2.H2/c1-2-22(7-8-22)29-14-5-6-18(23)17(9-14)21(24)19-10-20(26-13-25-19)27-11-15-3-4-16(12-27)28-15;/h5-6,9-10,13,15-16,24H,2-4,7-8,11-12,23H2,1H3;1H. The van der Waals surface area contributed by atoms with Crippen LogP contribution in [-0.2, 0) is 4.74 Å². The second-order valence-electron chi connectivity index (χ2n) is 8.39. The van der Waals surface area contributed by atoms with E-state index in [9.17, 15) is 0 Å². The summed E-state index contributed by atoms with van der Waals surface area (Å²) in [5.74, 6) is 1.60. The predicted molar refractivity (Wildman–Crippen MR) is 114 cm³/mol. The number of nitrogen functional groups attached to an aromatic ring is 1. The molecule has 2 bridgehead atoms. The number of nitrogens with zero attached hydrogens (tertiary/aromatic N) is 3. The Balaban J connectivity index is 0.00000218. The highest BCUT2D eigenvalue weighted by Crippen LogP contribution is 2.43. The van der Waals surface area contributed by atoms with Crippen molar-refractivity contribution in [3.05, 3.63) is 41.9 Å².